The number of hydrogen-bond donors (Lipinski definition) is 2. The van der Waals surface area contributed by atoms with Crippen molar-refractivity contribution in [3.8, 4) is 5.75 Å². The van der Waals surface area contributed by atoms with Crippen LogP contribution in [0.25, 0.3) is 0 Å². The molecule has 4 aromatic rings. The molecule has 1 saturated heterocycles. The molecule has 0 saturated carbocycles. The summed E-state index contributed by atoms with van der Waals surface area (Å²) in [6, 6.07) is 18.9. The third kappa shape index (κ3) is 6.04. The number of nitrogens with one attached hydrogen (secondary N) is 2. The summed E-state index contributed by atoms with van der Waals surface area (Å²) in [7, 11) is 1.71. The van der Waals surface area contributed by atoms with Crippen LogP contribution in [-0.2, 0) is 17.8 Å². The van der Waals surface area contributed by atoms with Gasteiger partial charge in [-0.15, -0.1) is 5.10 Å². The summed E-state index contributed by atoms with van der Waals surface area (Å²) in [5.41, 5.74) is 4.02. The first-order valence-corrected chi connectivity index (χ1v) is 13.7. The summed E-state index contributed by atoms with van der Waals surface area (Å²) in [4.78, 5) is 41.0. The largest absolute Gasteiger partial charge is 0.489 e. The van der Waals surface area contributed by atoms with Crippen molar-refractivity contribution >= 4 is 23.2 Å². The zero-order valence-corrected chi connectivity index (χ0v) is 22.9. The molecule has 2 aliphatic rings. The van der Waals surface area contributed by atoms with Crippen LogP contribution in [0.4, 0.5) is 11.4 Å². The van der Waals surface area contributed by atoms with E-state index in [0.717, 1.165) is 43.9 Å². The van der Waals surface area contributed by atoms with Crippen molar-refractivity contribution in [3.05, 3.63) is 95.8 Å². The number of likely N-dealkylation sites (N-methyl/N-ethyl adjacent to an activating group) is 1. The van der Waals surface area contributed by atoms with Gasteiger partial charge in [0.05, 0.1) is 5.69 Å². The van der Waals surface area contributed by atoms with E-state index in [4.69, 9.17) is 4.74 Å². The zero-order valence-electron chi connectivity index (χ0n) is 22.9. The van der Waals surface area contributed by atoms with E-state index >= 15 is 0 Å². The van der Waals surface area contributed by atoms with Crippen LogP contribution in [0, 0.1) is 0 Å². The minimum atomic E-state index is -0.874. The molecule has 41 heavy (non-hydrogen) atoms. The topological polar surface area (TPSA) is 120 Å². The molecular weight excluding hydrogens is 520 g/mol. The predicted octanol–water partition coefficient (Wildman–Crippen LogP) is 2.27. The van der Waals surface area contributed by atoms with Crippen molar-refractivity contribution in [1.82, 2.24) is 30.4 Å². The van der Waals surface area contributed by atoms with Crippen LogP contribution in [0.3, 0.4) is 0 Å². The first-order valence-electron chi connectivity index (χ1n) is 13.7. The van der Waals surface area contributed by atoms with Gasteiger partial charge in [0.2, 0.25) is 5.82 Å². The number of aromatic amines is 1. The number of ether oxygens (including phenoxy) is 1. The van der Waals surface area contributed by atoms with Crippen LogP contribution in [0.15, 0.2) is 73.1 Å². The van der Waals surface area contributed by atoms with E-state index in [2.05, 4.69) is 35.3 Å². The van der Waals surface area contributed by atoms with Crippen molar-refractivity contribution in [2.24, 2.45) is 0 Å². The van der Waals surface area contributed by atoms with Gasteiger partial charge >= 0.3 is 0 Å². The van der Waals surface area contributed by atoms with Gasteiger partial charge in [-0.3, -0.25) is 24.6 Å². The zero-order chi connectivity index (χ0) is 28.2. The van der Waals surface area contributed by atoms with E-state index in [-0.39, 0.29) is 18.3 Å². The number of rotatable bonds is 7. The molecule has 1 fully saturated rings. The summed E-state index contributed by atoms with van der Waals surface area (Å²) in [6.07, 6.45) is 4.17. The summed E-state index contributed by atoms with van der Waals surface area (Å²) in [5, 5.41) is 9.61. The molecule has 2 aromatic heterocycles. The van der Waals surface area contributed by atoms with Gasteiger partial charge in [0.25, 0.3) is 11.8 Å². The van der Waals surface area contributed by atoms with Crippen molar-refractivity contribution in [3.63, 3.8) is 0 Å². The Labute approximate surface area is 238 Å². The number of carbonyl (C=O) groups excluding carboxylic acids is 2. The Hall–Kier alpha value is -4.77. The highest BCUT2D eigenvalue weighted by Crippen LogP contribution is 2.32. The molecule has 11 nitrogen and oxygen atoms in total. The number of carbonyl (C=O) groups is 2. The molecule has 6 rings (SSSR count). The summed E-state index contributed by atoms with van der Waals surface area (Å²) < 4.78 is 5.98. The van der Waals surface area contributed by atoms with E-state index in [9.17, 15) is 9.59 Å². The third-order valence-corrected chi connectivity index (χ3v) is 7.48. The first-order chi connectivity index (χ1) is 20.0. The second-order valence-corrected chi connectivity index (χ2v) is 10.3. The van der Waals surface area contributed by atoms with Gasteiger partial charge in [-0.25, -0.2) is 4.98 Å². The Kier molecular flexibility index (Phi) is 7.59. The monoisotopic (exact) mass is 552 g/mol. The van der Waals surface area contributed by atoms with Crippen molar-refractivity contribution in [1.29, 1.82) is 0 Å². The predicted molar refractivity (Wildman–Crippen MR) is 154 cm³/mol. The molecule has 1 atom stereocenters. The lowest BCUT2D eigenvalue weighted by atomic mass is 10.1. The molecule has 0 aliphatic carbocycles. The number of amides is 2. The normalized spacial score (nSPS) is 17.5. The maximum Gasteiger partial charge on any atom is 0.291 e. The second kappa shape index (κ2) is 11.8. The first kappa shape index (κ1) is 26.5. The Balaban J connectivity index is 1.07. The van der Waals surface area contributed by atoms with Crippen molar-refractivity contribution < 1.29 is 14.3 Å². The molecule has 2 aromatic carbocycles. The van der Waals surface area contributed by atoms with Gasteiger partial charge in [-0.2, -0.15) is 0 Å². The minimum Gasteiger partial charge on any atom is -0.489 e. The number of anilines is 2. The summed E-state index contributed by atoms with van der Waals surface area (Å²) in [6.45, 7) is 4.54. The number of aromatic nitrogens is 4. The van der Waals surface area contributed by atoms with Crippen LogP contribution >= 0.6 is 0 Å². The molecular formula is C30H32N8O3. The Morgan fingerprint density at radius 3 is 2.59 bits per heavy atom. The van der Waals surface area contributed by atoms with E-state index in [1.165, 1.54) is 5.69 Å². The fourth-order valence-corrected chi connectivity index (χ4v) is 5.21. The van der Waals surface area contributed by atoms with Gasteiger partial charge in [0.1, 0.15) is 24.2 Å². The Morgan fingerprint density at radius 2 is 1.80 bits per heavy atom. The van der Waals surface area contributed by atoms with Gasteiger partial charge < -0.3 is 19.9 Å². The minimum absolute atomic E-state index is 0.0134. The number of fused-ring (bicyclic) bond motifs is 1. The molecule has 0 unspecified atom stereocenters. The van der Waals surface area contributed by atoms with Crippen LogP contribution in [-0.4, -0.2) is 82.8 Å². The van der Waals surface area contributed by atoms with Crippen LogP contribution in [0.2, 0.25) is 0 Å². The highest BCUT2D eigenvalue weighted by Gasteiger charge is 2.32. The molecule has 0 bridgehead atoms. The molecule has 2 N–H and O–H groups in total. The molecule has 2 aliphatic heterocycles. The van der Waals surface area contributed by atoms with E-state index in [1.54, 1.807) is 11.9 Å². The molecule has 2 amide bonds. The number of pyridine rings is 1. The lowest BCUT2D eigenvalue weighted by Gasteiger charge is -2.36. The number of H-pyrrole nitrogens is 1. The highest BCUT2D eigenvalue weighted by atomic mass is 16.5. The molecule has 11 heteroatoms. The summed E-state index contributed by atoms with van der Waals surface area (Å²) >= 11 is 0. The Bertz CT molecular complexity index is 1500. The summed E-state index contributed by atoms with van der Waals surface area (Å²) in [5.74, 6) is 0.362. The standard InChI is InChI=1S/C30H32N8O3/c1-36-25-17-22(19-37-13-15-38(16-14-37)23-9-11-31-12-10-23)7-8-26(25)41-20-24(30(36)40)32-29(39)28-33-27(34-35-28)18-21-5-3-2-4-6-21/h2-12,17,24H,13-16,18-20H2,1H3,(H,32,39)(H,33,34,35)/t24-/m1/s1. The number of hydrogen-bond acceptors (Lipinski definition) is 8. The average molecular weight is 553 g/mol. The van der Waals surface area contributed by atoms with E-state index in [1.807, 2.05) is 73.1 Å². The van der Waals surface area contributed by atoms with Gasteiger partial charge in [0, 0.05) is 64.3 Å². The average Bonchev–Trinajstić information content (AvgIpc) is 3.45. The van der Waals surface area contributed by atoms with E-state index in [0.29, 0.717) is 23.7 Å². The van der Waals surface area contributed by atoms with Gasteiger partial charge in [-0.1, -0.05) is 36.4 Å². The second-order valence-electron chi connectivity index (χ2n) is 10.3. The van der Waals surface area contributed by atoms with Gasteiger partial charge in [-0.05, 0) is 35.4 Å². The van der Waals surface area contributed by atoms with Crippen LogP contribution in [0.1, 0.15) is 27.6 Å². The van der Waals surface area contributed by atoms with Crippen LogP contribution in [0.5, 0.6) is 5.75 Å². The van der Waals surface area contributed by atoms with Crippen LogP contribution < -0.4 is 19.9 Å². The molecule has 4 heterocycles. The quantitative estimate of drug-likeness (QED) is 0.358. The fraction of sp³-hybridized carbons (Fsp3) is 0.300. The lowest BCUT2D eigenvalue weighted by molar-refractivity contribution is -0.120. The number of benzene rings is 2. The smallest absolute Gasteiger partial charge is 0.291 e. The maximum atomic E-state index is 13.4. The SMILES string of the molecule is CN1C(=O)[C@H](NC(=O)c2n[nH]c(Cc3ccccc3)n2)COc2ccc(CN3CCN(c4ccncc4)CC3)cc21. The molecule has 0 spiro atoms. The lowest BCUT2D eigenvalue weighted by Crippen LogP contribution is -2.49. The van der Waals surface area contributed by atoms with E-state index < -0.39 is 11.9 Å². The fourth-order valence-electron chi connectivity index (χ4n) is 5.21. The van der Waals surface area contributed by atoms with Gasteiger partial charge in [0.15, 0.2) is 0 Å². The van der Waals surface area contributed by atoms with Crippen molar-refractivity contribution in [2.45, 2.75) is 19.0 Å². The Morgan fingerprint density at radius 1 is 1.02 bits per heavy atom. The third-order valence-electron chi connectivity index (χ3n) is 7.48. The van der Waals surface area contributed by atoms with Crippen molar-refractivity contribution in [2.75, 3.05) is 49.6 Å². The molecule has 210 valence electrons. The number of nitrogens with zero attached hydrogens (tertiary/aromatic N) is 6. The molecule has 0 radical (unpaired) electrons. The number of piperazine rings is 1. The maximum absolute atomic E-state index is 13.4. The highest BCUT2D eigenvalue weighted by molar-refractivity contribution is 6.02.